The van der Waals surface area contributed by atoms with Gasteiger partial charge in [0.15, 0.2) is 5.84 Å². The number of hydrogen-bond donors (Lipinski definition) is 3. The van der Waals surface area contributed by atoms with E-state index in [1.807, 2.05) is 13.0 Å². The minimum Gasteiger partial charge on any atom is -0.409 e. The van der Waals surface area contributed by atoms with Crippen molar-refractivity contribution in [2.75, 3.05) is 5.32 Å². The van der Waals surface area contributed by atoms with E-state index in [1.165, 1.54) is 6.07 Å². The second kappa shape index (κ2) is 6.45. The van der Waals surface area contributed by atoms with Crippen molar-refractivity contribution in [3.8, 4) is 0 Å². The van der Waals surface area contributed by atoms with Crippen molar-refractivity contribution in [2.24, 2.45) is 10.9 Å². The molecule has 0 aromatic heterocycles. The number of amidine groups is 1. The highest BCUT2D eigenvalue weighted by Crippen LogP contribution is 2.25. The van der Waals surface area contributed by atoms with E-state index in [4.69, 9.17) is 22.5 Å². The zero-order valence-corrected chi connectivity index (χ0v) is 12.2. The van der Waals surface area contributed by atoms with Gasteiger partial charge in [-0.15, -0.1) is 0 Å². The fraction of sp³-hybridized carbons (Fsp3) is 0.133. The highest BCUT2D eigenvalue weighted by atomic mass is 35.5. The maximum atomic E-state index is 13.7. The third-order valence-corrected chi connectivity index (χ3v) is 3.48. The van der Waals surface area contributed by atoms with Crippen molar-refractivity contribution in [3.63, 3.8) is 0 Å². The molecule has 0 atom stereocenters. The average Bonchev–Trinajstić information content (AvgIpc) is 2.47. The van der Waals surface area contributed by atoms with E-state index in [0.717, 1.165) is 11.1 Å². The number of halogens is 2. The minimum absolute atomic E-state index is 0.0507. The molecular weight excluding hydrogens is 293 g/mol. The summed E-state index contributed by atoms with van der Waals surface area (Å²) in [5, 5.41) is 14.9. The smallest absolute Gasteiger partial charge is 0.170 e. The topological polar surface area (TPSA) is 70.6 Å². The molecule has 0 amide bonds. The fourth-order valence-electron chi connectivity index (χ4n) is 1.96. The van der Waals surface area contributed by atoms with E-state index in [2.05, 4.69) is 10.5 Å². The lowest BCUT2D eigenvalue weighted by atomic mass is 10.0. The lowest BCUT2D eigenvalue weighted by Gasteiger charge is -2.12. The summed E-state index contributed by atoms with van der Waals surface area (Å²) in [5.41, 5.74) is 8.35. The molecule has 4 N–H and O–H groups in total. The number of nitrogens with zero attached hydrogens (tertiary/aromatic N) is 1. The lowest BCUT2D eigenvalue weighted by Crippen LogP contribution is -2.13. The maximum Gasteiger partial charge on any atom is 0.170 e. The van der Waals surface area contributed by atoms with Crippen LogP contribution in [-0.2, 0) is 6.54 Å². The van der Waals surface area contributed by atoms with Crippen LogP contribution < -0.4 is 11.1 Å². The molecule has 6 heteroatoms. The monoisotopic (exact) mass is 307 g/mol. The number of nitrogens with two attached hydrogens (primary N) is 1. The summed E-state index contributed by atoms with van der Waals surface area (Å²) >= 11 is 5.96. The van der Waals surface area contributed by atoms with Gasteiger partial charge in [0.05, 0.1) is 10.7 Å². The molecule has 0 saturated heterocycles. The second-order valence-corrected chi connectivity index (χ2v) is 4.98. The van der Waals surface area contributed by atoms with E-state index in [9.17, 15) is 4.39 Å². The highest BCUT2D eigenvalue weighted by Gasteiger charge is 2.08. The van der Waals surface area contributed by atoms with Crippen LogP contribution in [0.1, 0.15) is 16.7 Å². The Kier molecular flexibility index (Phi) is 4.65. The molecule has 2 rings (SSSR count). The third kappa shape index (κ3) is 3.44. The van der Waals surface area contributed by atoms with Crippen molar-refractivity contribution < 1.29 is 9.60 Å². The van der Waals surface area contributed by atoms with Crippen LogP contribution in [0.25, 0.3) is 0 Å². The highest BCUT2D eigenvalue weighted by molar-refractivity contribution is 6.33. The van der Waals surface area contributed by atoms with Gasteiger partial charge in [0.1, 0.15) is 5.82 Å². The van der Waals surface area contributed by atoms with Gasteiger partial charge in [-0.05, 0) is 36.2 Å². The molecule has 0 unspecified atom stereocenters. The molecule has 2 aromatic rings. The van der Waals surface area contributed by atoms with E-state index < -0.39 is 5.82 Å². The Hall–Kier alpha value is -2.27. The molecule has 0 aliphatic rings. The average molecular weight is 308 g/mol. The number of anilines is 1. The van der Waals surface area contributed by atoms with Gasteiger partial charge in [-0.1, -0.05) is 35.0 Å². The van der Waals surface area contributed by atoms with Gasteiger partial charge in [-0.2, -0.15) is 0 Å². The Morgan fingerprint density at radius 3 is 2.76 bits per heavy atom. The molecule has 0 heterocycles. The first-order valence-corrected chi connectivity index (χ1v) is 6.66. The molecule has 0 aliphatic carbocycles. The quantitative estimate of drug-likeness (QED) is 0.350. The predicted octanol–water partition coefficient (Wildman–Crippen LogP) is 3.49. The summed E-state index contributed by atoms with van der Waals surface area (Å²) in [4.78, 5) is 0. The number of aryl methyl sites for hydroxylation is 1. The van der Waals surface area contributed by atoms with Crippen LogP contribution in [0, 0.1) is 12.7 Å². The lowest BCUT2D eigenvalue weighted by molar-refractivity contribution is 0.318. The van der Waals surface area contributed by atoms with Crippen LogP contribution in [-0.4, -0.2) is 11.0 Å². The standard InChI is InChI=1S/C15H15ClFN3O/c1-9-7-10(15(18)20-21)5-6-11(9)8-19-14-12(16)3-2-4-13(14)17/h2-7,19,21H,8H2,1H3,(H2,18,20). The normalized spacial score (nSPS) is 11.5. The zero-order chi connectivity index (χ0) is 15.4. The maximum absolute atomic E-state index is 13.7. The summed E-state index contributed by atoms with van der Waals surface area (Å²) in [6.45, 7) is 2.32. The molecule has 0 aliphatic heterocycles. The van der Waals surface area contributed by atoms with Gasteiger partial charge in [0.2, 0.25) is 0 Å². The van der Waals surface area contributed by atoms with Gasteiger partial charge < -0.3 is 16.3 Å². The Balaban J connectivity index is 2.18. The van der Waals surface area contributed by atoms with Crippen LogP contribution >= 0.6 is 11.6 Å². The molecule has 2 aromatic carbocycles. The van der Waals surface area contributed by atoms with Gasteiger partial charge in [-0.25, -0.2) is 4.39 Å². The van der Waals surface area contributed by atoms with Crippen molar-refractivity contribution in [3.05, 3.63) is 63.9 Å². The van der Waals surface area contributed by atoms with Crippen LogP contribution in [0.5, 0.6) is 0 Å². The van der Waals surface area contributed by atoms with Crippen molar-refractivity contribution in [2.45, 2.75) is 13.5 Å². The zero-order valence-electron chi connectivity index (χ0n) is 11.4. The van der Waals surface area contributed by atoms with Gasteiger partial charge in [0.25, 0.3) is 0 Å². The SMILES string of the molecule is Cc1cc(/C(N)=N/O)ccc1CNc1c(F)cccc1Cl. The molecule has 0 saturated carbocycles. The summed E-state index contributed by atoms with van der Waals surface area (Å²) in [6.07, 6.45) is 0. The number of nitrogens with one attached hydrogen (secondary N) is 1. The van der Waals surface area contributed by atoms with Crippen molar-refractivity contribution >= 4 is 23.1 Å². The van der Waals surface area contributed by atoms with E-state index in [0.29, 0.717) is 17.1 Å². The van der Waals surface area contributed by atoms with Crippen molar-refractivity contribution in [1.29, 1.82) is 0 Å². The number of oxime groups is 1. The molecule has 0 radical (unpaired) electrons. The number of benzene rings is 2. The third-order valence-electron chi connectivity index (χ3n) is 3.16. The Bertz CT molecular complexity index is 668. The Labute approximate surface area is 127 Å². The van der Waals surface area contributed by atoms with Crippen molar-refractivity contribution in [1.82, 2.24) is 0 Å². The number of rotatable bonds is 4. The predicted molar refractivity (Wildman–Crippen MR) is 82.4 cm³/mol. The Morgan fingerprint density at radius 2 is 2.14 bits per heavy atom. The Morgan fingerprint density at radius 1 is 1.38 bits per heavy atom. The minimum atomic E-state index is -0.395. The number of para-hydroxylation sites is 1. The summed E-state index contributed by atoms with van der Waals surface area (Å²) in [6, 6.07) is 9.91. The molecule has 110 valence electrons. The summed E-state index contributed by atoms with van der Waals surface area (Å²) < 4.78 is 13.7. The van der Waals surface area contributed by atoms with E-state index in [-0.39, 0.29) is 11.5 Å². The van der Waals surface area contributed by atoms with Crippen LogP contribution in [0.3, 0.4) is 0 Å². The summed E-state index contributed by atoms with van der Waals surface area (Å²) in [7, 11) is 0. The largest absolute Gasteiger partial charge is 0.409 e. The van der Waals surface area contributed by atoms with Gasteiger partial charge >= 0.3 is 0 Å². The second-order valence-electron chi connectivity index (χ2n) is 4.58. The van der Waals surface area contributed by atoms with Crippen LogP contribution in [0.15, 0.2) is 41.6 Å². The fourth-order valence-corrected chi connectivity index (χ4v) is 2.19. The molecule has 0 fully saturated rings. The first-order valence-electron chi connectivity index (χ1n) is 6.28. The number of hydrogen-bond acceptors (Lipinski definition) is 3. The molecule has 0 bridgehead atoms. The van der Waals surface area contributed by atoms with Crippen LogP contribution in [0.2, 0.25) is 5.02 Å². The van der Waals surface area contributed by atoms with Gasteiger partial charge in [-0.3, -0.25) is 0 Å². The van der Waals surface area contributed by atoms with Gasteiger partial charge in [0, 0.05) is 12.1 Å². The molecule has 4 nitrogen and oxygen atoms in total. The van der Waals surface area contributed by atoms with E-state index in [1.54, 1.807) is 24.3 Å². The van der Waals surface area contributed by atoms with E-state index >= 15 is 0 Å². The molecule has 21 heavy (non-hydrogen) atoms. The summed E-state index contributed by atoms with van der Waals surface area (Å²) in [5.74, 6) is -0.344. The molecular formula is C15H15ClFN3O. The molecule has 0 spiro atoms. The first kappa shape index (κ1) is 15.1. The first-order chi connectivity index (χ1) is 10.0. The van der Waals surface area contributed by atoms with Crippen LogP contribution in [0.4, 0.5) is 10.1 Å².